The second kappa shape index (κ2) is 3.43. The lowest BCUT2D eigenvalue weighted by atomic mass is 10.0. The molecule has 2 rings (SSSR count). The van der Waals surface area contributed by atoms with E-state index < -0.39 is 5.97 Å². The van der Waals surface area contributed by atoms with Crippen LogP contribution < -0.4 is 4.74 Å². The third kappa shape index (κ3) is 1.55. The molecule has 1 aromatic carbocycles. The van der Waals surface area contributed by atoms with Gasteiger partial charge in [-0.3, -0.25) is 0 Å². The van der Waals surface area contributed by atoms with Crippen LogP contribution in [0.2, 0.25) is 0 Å². The van der Waals surface area contributed by atoms with Crippen LogP contribution in [0.3, 0.4) is 0 Å². The van der Waals surface area contributed by atoms with Crippen molar-refractivity contribution in [2.24, 2.45) is 0 Å². The Morgan fingerprint density at radius 1 is 1.50 bits per heavy atom. The van der Waals surface area contributed by atoms with Gasteiger partial charge in [-0.15, -0.1) is 0 Å². The molecule has 0 aromatic heterocycles. The normalized spacial score (nSPS) is 17.6. The molecule has 1 unspecified atom stereocenters. The molecule has 0 radical (unpaired) electrons. The van der Waals surface area contributed by atoms with Crippen molar-refractivity contribution in [2.75, 3.05) is 6.61 Å². The molecule has 1 heterocycles. The minimum Gasteiger partial charge on any atom is -0.492 e. The van der Waals surface area contributed by atoms with E-state index >= 15 is 0 Å². The minimum atomic E-state index is -1.10. The van der Waals surface area contributed by atoms with Gasteiger partial charge in [-0.2, -0.15) is 0 Å². The second-order valence-electron chi connectivity index (χ2n) is 2.98. The zero-order chi connectivity index (χ0) is 9.97. The molecule has 1 aromatic rings. The summed E-state index contributed by atoms with van der Waals surface area (Å²) < 4.78 is 5.35. The van der Waals surface area contributed by atoms with Crippen molar-refractivity contribution in [3.8, 4) is 17.6 Å². The van der Waals surface area contributed by atoms with E-state index in [4.69, 9.17) is 9.84 Å². The molecular weight excluding hydrogens is 180 g/mol. The molecule has 0 aliphatic carbocycles. The van der Waals surface area contributed by atoms with Crippen LogP contribution in [-0.4, -0.2) is 17.7 Å². The smallest absolute Gasteiger partial charge is 0.381 e. The maximum absolute atomic E-state index is 10.3. The molecule has 0 saturated heterocycles. The van der Waals surface area contributed by atoms with E-state index in [0.717, 1.165) is 11.3 Å². The van der Waals surface area contributed by atoms with Crippen molar-refractivity contribution in [3.05, 3.63) is 29.8 Å². The fourth-order valence-electron chi connectivity index (χ4n) is 1.43. The van der Waals surface area contributed by atoms with Gasteiger partial charge in [-0.1, -0.05) is 24.1 Å². The number of aliphatic carboxylic acids is 1. The number of ether oxygens (including phenoxy) is 1. The van der Waals surface area contributed by atoms with Gasteiger partial charge >= 0.3 is 5.97 Å². The van der Waals surface area contributed by atoms with Gasteiger partial charge in [-0.05, 0) is 6.07 Å². The molecule has 0 spiro atoms. The quantitative estimate of drug-likeness (QED) is 0.623. The van der Waals surface area contributed by atoms with Crippen LogP contribution in [0.1, 0.15) is 11.5 Å². The lowest BCUT2D eigenvalue weighted by Gasteiger charge is -1.96. The first-order valence-corrected chi connectivity index (χ1v) is 4.23. The monoisotopic (exact) mass is 188 g/mol. The summed E-state index contributed by atoms with van der Waals surface area (Å²) in [6.07, 6.45) is 0. The topological polar surface area (TPSA) is 46.5 Å². The van der Waals surface area contributed by atoms with Gasteiger partial charge in [0.15, 0.2) is 0 Å². The average molecular weight is 188 g/mol. The van der Waals surface area contributed by atoms with E-state index in [9.17, 15) is 4.79 Å². The number of carboxylic acids is 1. The van der Waals surface area contributed by atoms with Gasteiger partial charge in [0.1, 0.15) is 12.4 Å². The second-order valence-corrected chi connectivity index (χ2v) is 2.98. The summed E-state index contributed by atoms with van der Waals surface area (Å²) in [5.74, 6) is 4.37. The van der Waals surface area contributed by atoms with Gasteiger partial charge in [0, 0.05) is 11.5 Å². The molecule has 1 aliphatic rings. The Labute approximate surface area is 81.3 Å². The maximum Gasteiger partial charge on any atom is 0.381 e. The van der Waals surface area contributed by atoms with Gasteiger partial charge in [-0.25, -0.2) is 4.79 Å². The Hall–Kier alpha value is -1.95. The molecule has 1 aliphatic heterocycles. The SMILES string of the molecule is O=C(O)C#CC1COc2ccccc21. The number of para-hydroxylation sites is 1. The van der Waals surface area contributed by atoms with Crippen LogP contribution in [-0.2, 0) is 4.79 Å². The molecule has 0 amide bonds. The number of carbonyl (C=O) groups is 1. The number of fused-ring (bicyclic) bond motifs is 1. The Balaban J connectivity index is 2.28. The van der Waals surface area contributed by atoms with Crippen molar-refractivity contribution in [2.45, 2.75) is 5.92 Å². The predicted molar refractivity (Wildman–Crippen MR) is 50.1 cm³/mol. The number of hydrogen-bond donors (Lipinski definition) is 1. The summed E-state index contributed by atoms with van der Waals surface area (Å²) in [5.41, 5.74) is 0.973. The molecule has 3 heteroatoms. The Morgan fingerprint density at radius 2 is 2.29 bits per heavy atom. The first kappa shape index (κ1) is 8.64. The van der Waals surface area contributed by atoms with Crippen LogP contribution >= 0.6 is 0 Å². The molecule has 0 bridgehead atoms. The number of hydrogen-bond acceptors (Lipinski definition) is 2. The van der Waals surface area contributed by atoms with Crippen LogP contribution in [0.25, 0.3) is 0 Å². The average Bonchev–Trinajstić information content (AvgIpc) is 2.58. The Morgan fingerprint density at radius 3 is 3.07 bits per heavy atom. The molecule has 0 fully saturated rings. The predicted octanol–water partition coefficient (Wildman–Crippen LogP) is 1.25. The van der Waals surface area contributed by atoms with Gasteiger partial charge in [0.25, 0.3) is 0 Å². The van der Waals surface area contributed by atoms with Crippen molar-refractivity contribution in [3.63, 3.8) is 0 Å². The molecule has 1 N–H and O–H groups in total. The van der Waals surface area contributed by atoms with Crippen LogP contribution in [0.5, 0.6) is 5.75 Å². The lowest BCUT2D eigenvalue weighted by Crippen LogP contribution is -1.98. The highest BCUT2D eigenvalue weighted by Gasteiger charge is 2.21. The standard InChI is InChI=1S/C11H8O3/c12-11(13)6-5-8-7-14-10-4-2-1-3-9(8)10/h1-4,8H,7H2,(H,12,13). The van der Waals surface area contributed by atoms with Crippen molar-refractivity contribution in [1.82, 2.24) is 0 Å². The van der Waals surface area contributed by atoms with Gasteiger partial charge < -0.3 is 9.84 Å². The largest absolute Gasteiger partial charge is 0.492 e. The summed E-state index contributed by atoms with van der Waals surface area (Å²) >= 11 is 0. The fraction of sp³-hybridized carbons (Fsp3) is 0.182. The summed E-state index contributed by atoms with van der Waals surface area (Å²) in [5, 5.41) is 8.41. The highest BCUT2D eigenvalue weighted by molar-refractivity contribution is 5.86. The fourth-order valence-corrected chi connectivity index (χ4v) is 1.43. The van der Waals surface area contributed by atoms with Crippen molar-refractivity contribution >= 4 is 5.97 Å². The van der Waals surface area contributed by atoms with Gasteiger partial charge in [0.05, 0.1) is 5.92 Å². The Kier molecular flexibility index (Phi) is 2.11. The van der Waals surface area contributed by atoms with E-state index in [1.54, 1.807) is 0 Å². The van der Waals surface area contributed by atoms with Gasteiger partial charge in [0.2, 0.25) is 0 Å². The lowest BCUT2D eigenvalue weighted by molar-refractivity contribution is -0.130. The van der Waals surface area contributed by atoms with Crippen LogP contribution in [0, 0.1) is 11.8 Å². The third-order valence-electron chi connectivity index (χ3n) is 2.05. The number of rotatable bonds is 0. The molecule has 70 valence electrons. The van der Waals surface area contributed by atoms with E-state index in [1.165, 1.54) is 0 Å². The van der Waals surface area contributed by atoms with E-state index in [1.807, 2.05) is 24.3 Å². The zero-order valence-corrected chi connectivity index (χ0v) is 7.36. The first-order chi connectivity index (χ1) is 6.77. The minimum absolute atomic E-state index is 0.109. The summed E-state index contributed by atoms with van der Waals surface area (Å²) in [6.45, 7) is 0.444. The van der Waals surface area contributed by atoms with Crippen LogP contribution in [0.4, 0.5) is 0 Å². The summed E-state index contributed by atoms with van der Waals surface area (Å²) in [7, 11) is 0. The van der Waals surface area contributed by atoms with Crippen molar-refractivity contribution in [1.29, 1.82) is 0 Å². The van der Waals surface area contributed by atoms with Crippen molar-refractivity contribution < 1.29 is 14.6 Å². The summed E-state index contributed by atoms with van der Waals surface area (Å²) in [4.78, 5) is 10.3. The highest BCUT2D eigenvalue weighted by Crippen LogP contribution is 2.32. The molecule has 1 atom stereocenters. The highest BCUT2D eigenvalue weighted by atomic mass is 16.5. The van der Waals surface area contributed by atoms with E-state index in [-0.39, 0.29) is 5.92 Å². The van der Waals surface area contributed by atoms with E-state index in [0.29, 0.717) is 6.61 Å². The molecule has 3 nitrogen and oxygen atoms in total. The Bertz CT molecular complexity index is 426. The number of benzene rings is 1. The molecule has 14 heavy (non-hydrogen) atoms. The number of carboxylic acid groups (broad SMARTS) is 1. The molecule has 0 saturated carbocycles. The van der Waals surface area contributed by atoms with E-state index in [2.05, 4.69) is 11.8 Å². The molecular formula is C11H8O3. The zero-order valence-electron chi connectivity index (χ0n) is 7.36. The first-order valence-electron chi connectivity index (χ1n) is 4.23. The third-order valence-corrected chi connectivity index (χ3v) is 2.05. The summed E-state index contributed by atoms with van der Waals surface area (Å²) in [6, 6.07) is 7.54. The maximum atomic E-state index is 10.3. The van der Waals surface area contributed by atoms with Crippen LogP contribution in [0.15, 0.2) is 24.3 Å².